The first-order chi connectivity index (χ1) is 9.88. The first-order valence-corrected chi connectivity index (χ1v) is 10.3. The molecule has 20 heavy (non-hydrogen) atoms. The van der Waals surface area contributed by atoms with Crippen LogP contribution < -0.4 is 0 Å². The molecule has 4 atom stereocenters. The van der Waals surface area contributed by atoms with Gasteiger partial charge >= 0.3 is 0 Å². The minimum Gasteiger partial charge on any atom is -0.262 e. The molecule has 0 radical (unpaired) electrons. The lowest BCUT2D eigenvalue weighted by molar-refractivity contribution is 0.863. The molecule has 0 aromatic heterocycles. The van der Waals surface area contributed by atoms with E-state index in [-0.39, 0.29) is 0 Å². The van der Waals surface area contributed by atoms with Gasteiger partial charge in [-0.1, -0.05) is 72.1 Å². The van der Waals surface area contributed by atoms with Crippen LogP contribution in [0.25, 0.3) is 0 Å². The van der Waals surface area contributed by atoms with Gasteiger partial charge < -0.3 is 0 Å². The van der Waals surface area contributed by atoms with Crippen molar-refractivity contribution in [2.75, 3.05) is 0 Å². The Kier molecular flexibility index (Phi) is 3.90. The molecule has 2 aliphatic heterocycles. The van der Waals surface area contributed by atoms with Crippen LogP contribution in [0.2, 0.25) is 0 Å². The summed E-state index contributed by atoms with van der Waals surface area (Å²) < 4.78 is 2.34. The van der Waals surface area contributed by atoms with Crippen LogP contribution in [0.3, 0.4) is 0 Å². The number of nitrogens with zero attached hydrogens (tertiary/aromatic N) is 2. The quantitative estimate of drug-likeness (QED) is 0.616. The van der Waals surface area contributed by atoms with Crippen molar-refractivity contribution >= 4 is 53.9 Å². The summed E-state index contributed by atoms with van der Waals surface area (Å²) in [4.78, 5) is 9.51. The average Bonchev–Trinajstić information content (AvgIpc) is 3.07. The summed E-state index contributed by atoms with van der Waals surface area (Å²) in [5, 5.41) is 0.990. The van der Waals surface area contributed by atoms with E-state index in [4.69, 9.17) is 9.98 Å². The molecule has 0 amide bonds. The van der Waals surface area contributed by atoms with Gasteiger partial charge in [0, 0.05) is 0 Å². The van der Waals surface area contributed by atoms with Gasteiger partial charge in [0.25, 0.3) is 0 Å². The van der Waals surface area contributed by atoms with E-state index in [1.54, 1.807) is 21.6 Å². The van der Waals surface area contributed by atoms with E-state index in [1.165, 1.54) is 8.75 Å². The van der Waals surface area contributed by atoms with Crippen molar-refractivity contribution in [3.63, 3.8) is 0 Å². The average molecular weight is 337 g/mol. The largest absolute Gasteiger partial charge is 0.262 e. The number of allylic oxidation sites excluding steroid dienone is 4. The van der Waals surface area contributed by atoms with E-state index in [0.29, 0.717) is 22.6 Å². The molecule has 0 spiro atoms. The van der Waals surface area contributed by atoms with Crippen molar-refractivity contribution in [3.8, 4) is 0 Å². The Morgan fingerprint density at radius 3 is 1.60 bits per heavy atom. The van der Waals surface area contributed by atoms with E-state index < -0.39 is 0 Å². The van der Waals surface area contributed by atoms with E-state index in [0.717, 1.165) is 0 Å². The van der Waals surface area contributed by atoms with Crippen molar-refractivity contribution in [1.82, 2.24) is 0 Å². The fourth-order valence-corrected chi connectivity index (χ4v) is 7.50. The Balaban J connectivity index is 1.36. The highest BCUT2D eigenvalue weighted by Crippen LogP contribution is 2.45. The Morgan fingerprint density at radius 1 is 0.700 bits per heavy atom. The maximum atomic E-state index is 4.75. The molecular formula is C14H12N2S4. The summed E-state index contributed by atoms with van der Waals surface area (Å²) >= 11 is 3.73. The Bertz CT molecular complexity index is 536. The van der Waals surface area contributed by atoms with E-state index >= 15 is 0 Å². The van der Waals surface area contributed by atoms with Gasteiger partial charge in [-0.15, -0.1) is 0 Å². The number of fused-ring (bicyclic) bond motifs is 2. The lowest BCUT2D eigenvalue weighted by Gasteiger charge is -2.10. The maximum Gasteiger partial charge on any atom is 0.137 e. The molecule has 0 saturated carbocycles. The van der Waals surface area contributed by atoms with Gasteiger partial charge in [0.2, 0.25) is 0 Å². The first kappa shape index (κ1) is 13.4. The van der Waals surface area contributed by atoms with Gasteiger partial charge in [-0.2, -0.15) is 0 Å². The number of rotatable bonds is 0. The molecule has 4 unspecified atom stereocenters. The zero-order valence-corrected chi connectivity index (χ0v) is 13.7. The van der Waals surface area contributed by atoms with Gasteiger partial charge in [0.1, 0.15) is 8.75 Å². The Hall–Kier alpha value is -0.300. The fraction of sp³-hybridized carbons (Fsp3) is 0.286. The van der Waals surface area contributed by atoms with Crippen LogP contribution >= 0.6 is 45.1 Å². The highest BCUT2D eigenvalue weighted by Gasteiger charge is 2.31. The molecule has 0 aromatic carbocycles. The molecule has 0 fully saturated rings. The van der Waals surface area contributed by atoms with E-state index in [2.05, 4.69) is 48.6 Å². The van der Waals surface area contributed by atoms with Crippen LogP contribution in [0.1, 0.15) is 0 Å². The Labute approximate surface area is 134 Å². The highest BCUT2D eigenvalue weighted by atomic mass is 33.1. The summed E-state index contributed by atoms with van der Waals surface area (Å²) in [5.74, 6) is 0. The summed E-state index contributed by atoms with van der Waals surface area (Å²) in [6.07, 6.45) is 17.3. The topological polar surface area (TPSA) is 24.7 Å². The fourth-order valence-electron chi connectivity index (χ4n) is 2.29. The van der Waals surface area contributed by atoms with Crippen molar-refractivity contribution in [2.45, 2.75) is 22.6 Å². The standard InChI is InChI=1S/C14H12N2S4/c1-3-7-11-9(5-1)15-13(17-11)19-20-14-16-10-6-2-4-8-12(10)18-14/h1-12H. The number of hydrogen-bond donors (Lipinski definition) is 0. The molecule has 2 nitrogen and oxygen atoms in total. The maximum absolute atomic E-state index is 4.75. The predicted octanol–water partition coefficient (Wildman–Crippen LogP) is 4.30. The van der Waals surface area contributed by atoms with Crippen LogP contribution in [0, 0.1) is 0 Å². The monoisotopic (exact) mass is 336 g/mol. The molecule has 0 aromatic rings. The van der Waals surface area contributed by atoms with Crippen molar-refractivity contribution < 1.29 is 0 Å². The minimum absolute atomic E-state index is 0.333. The lowest BCUT2D eigenvalue weighted by atomic mass is 10.1. The molecule has 6 heteroatoms. The van der Waals surface area contributed by atoms with Crippen LogP contribution in [0.15, 0.2) is 58.6 Å². The molecule has 0 saturated heterocycles. The molecule has 0 bridgehead atoms. The second-order valence-corrected chi connectivity index (χ2v) is 9.60. The van der Waals surface area contributed by atoms with Crippen molar-refractivity contribution in [2.24, 2.45) is 9.98 Å². The second kappa shape index (κ2) is 5.83. The lowest BCUT2D eigenvalue weighted by Crippen LogP contribution is -2.13. The summed E-state index contributed by atoms with van der Waals surface area (Å²) in [6.45, 7) is 0. The second-order valence-electron chi connectivity index (χ2n) is 4.64. The molecule has 4 aliphatic rings. The third kappa shape index (κ3) is 2.71. The molecular weight excluding hydrogens is 324 g/mol. The third-order valence-electron chi connectivity index (χ3n) is 3.28. The Morgan fingerprint density at radius 2 is 1.15 bits per heavy atom. The molecule has 4 rings (SSSR count). The molecule has 0 N–H and O–H groups in total. The van der Waals surface area contributed by atoms with Crippen molar-refractivity contribution in [1.29, 1.82) is 0 Å². The SMILES string of the molecule is C1=CC2N=C(SSC3=NC4C=CC=CC4S3)SC2C=C1. The number of hydrogen-bond acceptors (Lipinski definition) is 6. The van der Waals surface area contributed by atoms with Crippen LogP contribution in [0.5, 0.6) is 0 Å². The van der Waals surface area contributed by atoms with Gasteiger partial charge in [-0.3, -0.25) is 9.98 Å². The van der Waals surface area contributed by atoms with E-state index in [1.807, 2.05) is 23.5 Å². The summed E-state index contributed by atoms with van der Waals surface area (Å²) in [6, 6.07) is 0.666. The predicted molar refractivity (Wildman–Crippen MR) is 96.9 cm³/mol. The van der Waals surface area contributed by atoms with Crippen LogP contribution in [0.4, 0.5) is 0 Å². The summed E-state index contributed by atoms with van der Waals surface area (Å²) in [5.41, 5.74) is 0. The van der Waals surface area contributed by atoms with Crippen LogP contribution in [-0.4, -0.2) is 31.3 Å². The first-order valence-electron chi connectivity index (χ1n) is 6.42. The number of aliphatic imine (C=N–C) groups is 2. The van der Waals surface area contributed by atoms with Gasteiger partial charge in [-0.25, -0.2) is 0 Å². The molecule has 2 aliphatic carbocycles. The van der Waals surface area contributed by atoms with Crippen LogP contribution in [-0.2, 0) is 0 Å². The normalized spacial score (nSPS) is 36.8. The zero-order chi connectivity index (χ0) is 13.4. The van der Waals surface area contributed by atoms with E-state index in [9.17, 15) is 0 Å². The number of thioether (sulfide) groups is 2. The molecule has 102 valence electrons. The van der Waals surface area contributed by atoms with Crippen molar-refractivity contribution in [3.05, 3.63) is 48.6 Å². The van der Waals surface area contributed by atoms with Gasteiger partial charge in [0.15, 0.2) is 0 Å². The smallest absolute Gasteiger partial charge is 0.137 e. The third-order valence-corrected chi connectivity index (χ3v) is 8.80. The van der Waals surface area contributed by atoms with Gasteiger partial charge in [0.05, 0.1) is 22.6 Å². The van der Waals surface area contributed by atoms with Gasteiger partial charge in [-0.05, 0) is 21.6 Å². The molecule has 2 heterocycles. The summed E-state index contributed by atoms with van der Waals surface area (Å²) in [7, 11) is 3.51. The minimum atomic E-state index is 0.333. The zero-order valence-electron chi connectivity index (χ0n) is 10.5. The highest BCUT2D eigenvalue weighted by molar-refractivity contribution is 8.93.